The normalized spacial score (nSPS) is 14.0. The van der Waals surface area contributed by atoms with Gasteiger partial charge in [-0.2, -0.15) is 0 Å². The Balaban J connectivity index is 3.73. The molecule has 0 aliphatic carbocycles. The number of hydrogen-bond donors (Lipinski definition) is 2. The molecule has 0 rings (SSSR count). The number of aliphatic hydroxyl groups is 1. The van der Waals surface area contributed by atoms with Crippen LogP contribution in [0, 0.1) is 0 Å². The molecule has 0 aromatic carbocycles. The lowest BCUT2D eigenvalue weighted by Crippen LogP contribution is -2.46. The molecule has 0 radical (unpaired) electrons. The number of unbranched alkanes of at least 4 members (excludes halogenated alkanes) is 39. The minimum absolute atomic E-state index is 0.0145. The van der Waals surface area contributed by atoms with Crippen LogP contribution in [0.5, 0.6) is 0 Å². The predicted molar refractivity (Wildman–Crippen MR) is 298 cm³/mol. The van der Waals surface area contributed by atoms with Crippen molar-refractivity contribution in [1.82, 2.24) is 5.32 Å². The summed E-state index contributed by atoms with van der Waals surface area (Å²) in [5.74, 6) is -0.162. The lowest BCUT2D eigenvalue weighted by molar-refractivity contribution is -0.870. The van der Waals surface area contributed by atoms with E-state index in [-0.39, 0.29) is 19.1 Å². The van der Waals surface area contributed by atoms with E-state index in [9.17, 15) is 19.4 Å². The van der Waals surface area contributed by atoms with Crippen molar-refractivity contribution < 1.29 is 32.9 Å². The first-order chi connectivity index (χ1) is 33.5. The van der Waals surface area contributed by atoms with E-state index in [0.29, 0.717) is 23.9 Å². The number of nitrogens with one attached hydrogen (secondary N) is 1. The molecule has 0 heterocycles. The van der Waals surface area contributed by atoms with Gasteiger partial charge in [-0.15, -0.1) is 0 Å². The largest absolute Gasteiger partial charge is 0.756 e. The number of likely N-dealkylation sites (N-methyl/N-ethyl adjacent to an activating group) is 1. The maximum Gasteiger partial charge on any atom is 0.268 e. The molecular formula is C60H119N2O6P. The highest BCUT2D eigenvalue weighted by molar-refractivity contribution is 7.45. The summed E-state index contributed by atoms with van der Waals surface area (Å²) >= 11 is 0. The van der Waals surface area contributed by atoms with Crippen molar-refractivity contribution in [1.29, 1.82) is 0 Å². The van der Waals surface area contributed by atoms with Crippen molar-refractivity contribution in [2.75, 3.05) is 40.9 Å². The summed E-state index contributed by atoms with van der Waals surface area (Å²) in [5, 5.41) is 13.9. The minimum atomic E-state index is -4.56. The third kappa shape index (κ3) is 54.6. The Morgan fingerprint density at radius 2 is 0.841 bits per heavy atom. The van der Waals surface area contributed by atoms with Crippen LogP contribution >= 0.6 is 7.82 Å². The third-order valence-electron chi connectivity index (χ3n) is 13.9. The average Bonchev–Trinajstić information content (AvgIpc) is 3.31. The molecule has 3 atom stereocenters. The molecule has 410 valence electrons. The maximum absolute atomic E-state index is 12.9. The smallest absolute Gasteiger partial charge is 0.268 e. The highest BCUT2D eigenvalue weighted by atomic mass is 31.2. The minimum Gasteiger partial charge on any atom is -0.756 e. The molecule has 8 nitrogen and oxygen atoms in total. The maximum atomic E-state index is 12.9. The van der Waals surface area contributed by atoms with E-state index < -0.39 is 20.0 Å². The van der Waals surface area contributed by atoms with E-state index in [1.807, 2.05) is 21.1 Å². The molecule has 2 N–H and O–H groups in total. The van der Waals surface area contributed by atoms with E-state index in [4.69, 9.17) is 9.05 Å². The summed E-state index contributed by atoms with van der Waals surface area (Å²) < 4.78 is 23.3. The molecule has 0 fully saturated rings. The van der Waals surface area contributed by atoms with Crippen molar-refractivity contribution in [3.63, 3.8) is 0 Å². The molecule has 1 amide bonds. The Bertz CT molecular complexity index is 1170. The van der Waals surface area contributed by atoms with Crippen LogP contribution in [0.25, 0.3) is 0 Å². The van der Waals surface area contributed by atoms with Crippen molar-refractivity contribution in [2.24, 2.45) is 0 Å². The van der Waals surface area contributed by atoms with Crippen LogP contribution in [0.3, 0.4) is 0 Å². The van der Waals surface area contributed by atoms with Crippen molar-refractivity contribution in [3.8, 4) is 0 Å². The van der Waals surface area contributed by atoms with Crippen LogP contribution in [0.2, 0.25) is 0 Å². The number of allylic oxidation sites excluding steroid dienone is 4. The molecular weight excluding hydrogens is 876 g/mol. The van der Waals surface area contributed by atoms with Gasteiger partial charge in [0.25, 0.3) is 7.82 Å². The zero-order valence-electron chi connectivity index (χ0n) is 46.8. The lowest BCUT2D eigenvalue weighted by atomic mass is 10.0. The van der Waals surface area contributed by atoms with Gasteiger partial charge in [-0.1, -0.05) is 276 Å². The van der Waals surface area contributed by atoms with Crippen LogP contribution in [0.15, 0.2) is 24.3 Å². The highest BCUT2D eigenvalue weighted by Crippen LogP contribution is 2.38. The molecule has 3 unspecified atom stereocenters. The monoisotopic (exact) mass is 995 g/mol. The Kier molecular flexibility index (Phi) is 51.1. The average molecular weight is 996 g/mol. The Morgan fingerprint density at radius 1 is 0.507 bits per heavy atom. The number of quaternary nitrogens is 1. The molecule has 9 heteroatoms. The zero-order chi connectivity index (χ0) is 50.6. The van der Waals surface area contributed by atoms with Gasteiger partial charge in [-0.05, 0) is 44.9 Å². The fourth-order valence-electron chi connectivity index (χ4n) is 9.19. The summed E-state index contributed by atoms with van der Waals surface area (Å²) in [7, 11) is 1.32. The Morgan fingerprint density at radius 3 is 1.20 bits per heavy atom. The number of phosphoric acid groups is 1. The van der Waals surface area contributed by atoms with Crippen LogP contribution < -0.4 is 10.2 Å². The molecule has 0 aliphatic rings. The summed E-state index contributed by atoms with van der Waals surface area (Å²) in [4.78, 5) is 25.4. The highest BCUT2D eigenvalue weighted by Gasteiger charge is 2.24. The molecule has 0 spiro atoms. The predicted octanol–water partition coefficient (Wildman–Crippen LogP) is 17.7. The van der Waals surface area contributed by atoms with Crippen molar-refractivity contribution in [2.45, 2.75) is 315 Å². The van der Waals surface area contributed by atoms with Gasteiger partial charge in [0, 0.05) is 6.42 Å². The van der Waals surface area contributed by atoms with Crippen LogP contribution in [0.4, 0.5) is 0 Å². The van der Waals surface area contributed by atoms with Gasteiger partial charge in [0.05, 0.1) is 39.9 Å². The number of aliphatic hydroxyl groups excluding tert-OH is 1. The van der Waals surface area contributed by atoms with Gasteiger partial charge >= 0.3 is 0 Å². The van der Waals surface area contributed by atoms with E-state index in [1.165, 1.54) is 231 Å². The number of phosphoric ester groups is 1. The molecule has 0 aromatic rings. The summed E-state index contributed by atoms with van der Waals surface area (Å²) in [5.41, 5.74) is 0. The number of rotatable bonds is 56. The zero-order valence-corrected chi connectivity index (χ0v) is 47.7. The van der Waals surface area contributed by atoms with Crippen LogP contribution in [0.1, 0.15) is 303 Å². The van der Waals surface area contributed by atoms with Gasteiger partial charge in [0.15, 0.2) is 0 Å². The summed E-state index contributed by atoms with van der Waals surface area (Å²) in [6.07, 6.45) is 65.6. The van der Waals surface area contributed by atoms with Crippen molar-refractivity contribution >= 4 is 13.7 Å². The van der Waals surface area contributed by atoms with Gasteiger partial charge in [-0.25, -0.2) is 0 Å². The fourth-order valence-corrected chi connectivity index (χ4v) is 9.91. The van der Waals surface area contributed by atoms with Crippen molar-refractivity contribution in [3.05, 3.63) is 24.3 Å². The first kappa shape index (κ1) is 68.0. The molecule has 0 aliphatic heterocycles. The molecule has 0 saturated heterocycles. The number of amides is 1. The Hall–Kier alpha value is -1.02. The van der Waals surface area contributed by atoms with Gasteiger partial charge in [-0.3, -0.25) is 9.36 Å². The van der Waals surface area contributed by atoms with E-state index in [1.54, 1.807) is 0 Å². The van der Waals surface area contributed by atoms with Gasteiger partial charge in [0.1, 0.15) is 13.2 Å². The topological polar surface area (TPSA) is 108 Å². The number of carbonyl (C=O) groups excluding carboxylic acids is 1. The Labute approximate surface area is 430 Å². The van der Waals surface area contributed by atoms with Crippen LogP contribution in [-0.4, -0.2) is 68.5 Å². The molecule has 69 heavy (non-hydrogen) atoms. The second-order valence-electron chi connectivity index (χ2n) is 22.1. The lowest BCUT2D eigenvalue weighted by Gasteiger charge is -2.30. The fraction of sp³-hybridized carbons (Fsp3) is 0.917. The van der Waals surface area contributed by atoms with Crippen LogP contribution in [-0.2, 0) is 18.4 Å². The third-order valence-corrected chi connectivity index (χ3v) is 14.9. The summed E-state index contributed by atoms with van der Waals surface area (Å²) in [6.45, 7) is 4.70. The number of nitrogens with zero attached hydrogens (tertiary/aromatic N) is 1. The number of hydrogen-bond acceptors (Lipinski definition) is 6. The summed E-state index contributed by atoms with van der Waals surface area (Å²) in [6, 6.07) is -0.794. The second kappa shape index (κ2) is 51.9. The quantitative estimate of drug-likeness (QED) is 0.0272. The van der Waals surface area contributed by atoms with E-state index in [2.05, 4.69) is 43.5 Å². The second-order valence-corrected chi connectivity index (χ2v) is 23.5. The number of carbonyl (C=O) groups is 1. The molecule has 0 bridgehead atoms. The van der Waals surface area contributed by atoms with Gasteiger partial charge in [0.2, 0.25) is 5.91 Å². The first-order valence-electron chi connectivity index (χ1n) is 30.2. The molecule has 0 aromatic heterocycles. The molecule has 0 saturated carbocycles. The first-order valence-corrected chi connectivity index (χ1v) is 31.6. The van der Waals surface area contributed by atoms with E-state index >= 15 is 0 Å². The van der Waals surface area contributed by atoms with E-state index in [0.717, 1.165) is 44.9 Å². The SMILES string of the molecule is CCCCCCC/C=C\C/C=C\CCCCCCCCCCCCCCCCCCCCCCCCCCCCCC(=O)NC(COP(=O)([O-])OCC[N+](C)(C)C)C(O)CCCCCCCCCC. The van der Waals surface area contributed by atoms with Gasteiger partial charge < -0.3 is 28.8 Å². The standard InChI is InChI=1S/C60H119N2O6P/c1-6-8-10-12-14-16-17-18-19-20-21-22-23-24-25-26-27-28-29-30-31-32-33-34-35-36-37-38-39-40-41-42-43-44-45-46-48-50-52-54-60(64)61-58(57-68-69(65,66)67-56-55-62(3,4)5)59(63)53-51-49-47-15-13-11-9-7-2/h17-18,20-21,58-59,63H,6-16,19,22-57H2,1-5H3,(H-,61,64,65,66)/b18-17-,21-20-.